The average Bonchev–Trinajstić information content (AvgIpc) is 3.13. The van der Waals surface area contributed by atoms with E-state index >= 15 is 0 Å². The van der Waals surface area contributed by atoms with Gasteiger partial charge in [-0.15, -0.1) is 0 Å². The Morgan fingerprint density at radius 2 is 1.53 bits per heavy atom. The van der Waals surface area contributed by atoms with Crippen molar-refractivity contribution in [1.29, 1.82) is 0 Å². The molecule has 1 unspecified atom stereocenters. The third-order valence-corrected chi connectivity index (χ3v) is 6.02. The number of rotatable bonds is 6. The molecule has 1 atom stereocenters. The zero-order chi connectivity index (χ0) is 25.2. The Balaban J connectivity index is 2.22. The minimum absolute atomic E-state index is 0.0220. The van der Waals surface area contributed by atoms with Crippen molar-refractivity contribution in [3.05, 3.63) is 74.7 Å². The van der Waals surface area contributed by atoms with Crippen molar-refractivity contribution in [2.24, 2.45) is 5.73 Å². The Morgan fingerprint density at radius 1 is 1.00 bits per heavy atom. The number of nitrogen functional groups attached to an aromatic ring is 1. The Morgan fingerprint density at radius 3 is 2.00 bits per heavy atom. The third kappa shape index (κ3) is 5.67. The van der Waals surface area contributed by atoms with Gasteiger partial charge in [-0.05, 0) is 74.3 Å². The normalized spacial score (nSPS) is 12.1. The van der Waals surface area contributed by atoms with Crippen LogP contribution in [0.1, 0.15) is 52.5 Å². The number of aromatic nitrogens is 1. The number of anilines is 2. The van der Waals surface area contributed by atoms with Crippen LogP contribution in [0.15, 0.2) is 48.5 Å². The van der Waals surface area contributed by atoms with E-state index in [1.165, 1.54) is 4.90 Å². The topological polar surface area (TPSA) is 131 Å². The van der Waals surface area contributed by atoms with E-state index in [9.17, 15) is 14.4 Å². The number of hydrogen-bond donors (Lipinski definition) is 3. The molecule has 2 aromatic carbocycles. The van der Waals surface area contributed by atoms with Crippen LogP contribution in [-0.2, 0) is 4.79 Å². The molecule has 0 aliphatic carbocycles. The summed E-state index contributed by atoms with van der Waals surface area (Å²) in [5, 5.41) is 3.85. The van der Waals surface area contributed by atoms with Gasteiger partial charge in [0.1, 0.15) is 10.9 Å². The smallest absolute Gasteiger partial charge is 0.273 e. The van der Waals surface area contributed by atoms with Crippen molar-refractivity contribution in [3.8, 4) is 0 Å². The van der Waals surface area contributed by atoms with Gasteiger partial charge < -0.3 is 16.8 Å². The van der Waals surface area contributed by atoms with E-state index in [0.717, 1.165) is 11.5 Å². The summed E-state index contributed by atoms with van der Waals surface area (Å²) in [6, 6.07) is 11.9. The highest BCUT2D eigenvalue weighted by atomic mass is 35.5. The Labute approximate surface area is 211 Å². The van der Waals surface area contributed by atoms with E-state index in [2.05, 4.69) is 9.69 Å². The predicted molar refractivity (Wildman–Crippen MR) is 135 cm³/mol. The zero-order valence-electron chi connectivity index (χ0n) is 18.6. The number of carbonyl (C=O) groups excluding carboxylic acids is 3. The molecule has 178 valence electrons. The first kappa shape index (κ1) is 25.5. The van der Waals surface area contributed by atoms with Crippen molar-refractivity contribution < 1.29 is 14.4 Å². The van der Waals surface area contributed by atoms with Crippen LogP contribution in [0.2, 0.25) is 10.0 Å². The number of halogens is 2. The summed E-state index contributed by atoms with van der Waals surface area (Å²) < 4.78 is 3.93. The highest BCUT2D eigenvalue weighted by Crippen LogP contribution is 2.34. The van der Waals surface area contributed by atoms with Crippen LogP contribution in [-0.4, -0.2) is 27.6 Å². The van der Waals surface area contributed by atoms with Crippen molar-refractivity contribution >= 4 is 63.8 Å². The molecule has 11 heteroatoms. The molecule has 1 aromatic heterocycles. The van der Waals surface area contributed by atoms with Gasteiger partial charge in [0.15, 0.2) is 5.69 Å². The average molecular weight is 520 g/mol. The molecular weight excluding hydrogens is 497 g/mol. The second-order valence-corrected chi connectivity index (χ2v) is 10.1. The van der Waals surface area contributed by atoms with Crippen LogP contribution in [0.25, 0.3) is 0 Å². The quantitative estimate of drug-likeness (QED) is 0.443. The van der Waals surface area contributed by atoms with Crippen molar-refractivity contribution in [3.63, 3.8) is 0 Å². The van der Waals surface area contributed by atoms with Gasteiger partial charge in [-0.3, -0.25) is 19.3 Å². The lowest BCUT2D eigenvalue weighted by Crippen LogP contribution is -2.49. The first-order valence-corrected chi connectivity index (χ1v) is 11.6. The molecule has 0 aliphatic heterocycles. The summed E-state index contributed by atoms with van der Waals surface area (Å²) in [5.74, 6) is -1.92. The molecule has 3 aromatic rings. The minimum Gasteiger partial charge on any atom is -0.395 e. The van der Waals surface area contributed by atoms with E-state index < -0.39 is 29.3 Å². The van der Waals surface area contributed by atoms with E-state index in [0.29, 0.717) is 21.3 Å². The maximum absolute atomic E-state index is 13.9. The fourth-order valence-electron chi connectivity index (χ4n) is 3.22. The Bertz CT molecular complexity index is 1220. The number of nitrogens with zero attached hydrogens (tertiary/aromatic N) is 2. The molecule has 0 saturated heterocycles. The molecule has 0 saturated carbocycles. The monoisotopic (exact) mass is 519 g/mol. The van der Waals surface area contributed by atoms with Gasteiger partial charge in [0.2, 0.25) is 5.91 Å². The summed E-state index contributed by atoms with van der Waals surface area (Å²) >= 11 is 12.9. The molecule has 0 spiro atoms. The van der Waals surface area contributed by atoms with Crippen LogP contribution in [0.5, 0.6) is 0 Å². The largest absolute Gasteiger partial charge is 0.395 e. The van der Waals surface area contributed by atoms with Crippen molar-refractivity contribution in [2.75, 3.05) is 10.6 Å². The molecule has 3 rings (SSSR count). The molecule has 0 aliphatic rings. The summed E-state index contributed by atoms with van der Waals surface area (Å²) in [7, 11) is 0. The second kappa shape index (κ2) is 10.0. The molecule has 34 heavy (non-hydrogen) atoms. The van der Waals surface area contributed by atoms with Gasteiger partial charge in [-0.1, -0.05) is 35.3 Å². The summed E-state index contributed by atoms with van der Waals surface area (Å²) in [5.41, 5.74) is 11.3. The van der Waals surface area contributed by atoms with Crippen LogP contribution in [0, 0.1) is 0 Å². The molecule has 0 bridgehead atoms. The first-order chi connectivity index (χ1) is 15.9. The van der Waals surface area contributed by atoms with E-state index in [4.69, 9.17) is 34.7 Å². The molecule has 8 nitrogen and oxygen atoms in total. The van der Waals surface area contributed by atoms with Gasteiger partial charge in [-0.25, -0.2) is 0 Å². The lowest BCUT2D eigenvalue weighted by Gasteiger charge is -2.33. The number of nitrogens with one attached hydrogen (secondary N) is 1. The van der Waals surface area contributed by atoms with Crippen LogP contribution >= 0.6 is 34.7 Å². The zero-order valence-corrected chi connectivity index (χ0v) is 21.0. The van der Waals surface area contributed by atoms with E-state index in [1.807, 2.05) is 20.8 Å². The predicted octanol–water partition coefficient (Wildman–Crippen LogP) is 4.43. The van der Waals surface area contributed by atoms with Crippen LogP contribution in [0.4, 0.5) is 11.4 Å². The number of benzene rings is 2. The highest BCUT2D eigenvalue weighted by Gasteiger charge is 2.37. The van der Waals surface area contributed by atoms with Crippen molar-refractivity contribution in [1.82, 2.24) is 9.69 Å². The standard InChI is InChI=1S/C23H23Cl2N5O3S/c1-23(2,3)28-21(32)18(12-4-6-13(24)7-5-12)30(15-10-8-14(25)9-11-15)22(33)19-16(26)17(20(27)31)29-34-19/h4-11,18H,26H2,1-3H3,(H2,27,31)(H,28,32). The number of carbonyl (C=O) groups is 3. The lowest BCUT2D eigenvalue weighted by molar-refractivity contribution is -0.123. The third-order valence-electron chi connectivity index (χ3n) is 4.67. The van der Waals surface area contributed by atoms with Gasteiger partial charge in [0.25, 0.3) is 11.8 Å². The van der Waals surface area contributed by atoms with Gasteiger partial charge >= 0.3 is 0 Å². The van der Waals surface area contributed by atoms with Gasteiger partial charge in [-0.2, -0.15) is 4.37 Å². The molecule has 3 amide bonds. The van der Waals surface area contributed by atoms with Gasteiger partial charge in [0, 0.05) is 21.3 Å². The maximum atomic E-state index is 13.9. The molecule has 1 heterocycles. The molecule has 0 fully saturated rings. The summed E-state index contributed by atoms with van der Waals surface area (Å²) in [4.78, 5) is 40.4. The molecular formula is C23H23Cl2N5O3S. The summed E-state index contributed by atoms with van der Waals surface area (Å²) in [6.45, 7) is 5.50. The molecule has 0 radical (unpaired) electrons. The number of primary amides is 1. The SMILES string of the molecule is CC(C)(C)NC(=O)C(c1ccc(Cl)cc1)N(C(=O)c1snc(C(N)=O)c1N)c1ccc(Cl)cc1. The Kier molecular flexibility index (Phi) is 7.50. The van der Waals surface area contributed by atoms with Gasteiger partial charge in [0.05, 0.1) is 5.69 Å². The van der Waals surface area contributed by atoms with Crippen LogP contribution in [0.3, 0.4) is 0 Å². The minimum atomic E-state index is -1.11. The summed E-state index contributed by atoms with van der Waals surface area (Å²) in [6.07, 6.45) is 0. The number of hydrogen-bond acceptors (Lipinski definition) is 6. The van der Waals surface area contributed by atoms with E-state index in [-0.39, 0.29) is 16.3 Å². The fourth-order valence-corrected chi connectivity index (χ4v) is 4.22. The maximum Gasteiger partial charge on any atom is 0.273 e. The number of amides is 3. The lowest BCUT2D eigenvalue weighted by atomic mass is 10.0. The fraction of sp³-hybridized carbons (Fsp3) is 0.217. The Hall–Kier alpha value is -3.14. The highest BCUT2D eigenvalue weighted by molar-refractivity contribution is 7.09. The van der Waals surface area contributed by atoms with Crippen LogP contribution < -0.4 is 21.7 Å². The molecule has 5 N–H and O–H groups in total. The first-order valence-electron chi connectivity index (χ1n) is 10.1. The number of nitrogens with two attached hydrogens (primary N) is 2. The van der Waals surface area contributed by atoms with Crippen molar-refractivity contribution in [2.45, 2.75) is 32.4 Å². The van der Waals surface area contributed by atoms with E-state index in [1.54, 1.807) is 48.5 Å². The second-order valence-electron chi connectivity index (χ2n) is 8.48.